The second-order valence-electron chi connectivity index (χ2n) is 4.92. The zero-order valence-corrected chi connectivity index (χ0v) is 11.4. The highest BCUT2D eigenvalue weighted by atomic mass is 16.5. The highest BCUT2D eigenvalue weighted by molar-refractivity contribution is 5.95. The van der Waals surface area contributed by atoms with Gasteiger partial charge in [0.05, 0.1) is 23.6 Å². The first-order valence-corrected chi connectivity index (χ1v) is 6.82. The van der Waals surface area contributed by atoms with E-state index in [2.05, 4.69) is 5.10 Å². The molecule has 1 aliphatic rings. The third-order valence-electron chi connectivity index (χ3n) is 3.40. The fourth-order valence-corrected chi connectivity index (χ4v) is 2.25. The van der Waals surface area contributed by atoms with E-state index in [4.69, 9.17) is 10.5 Å². The van der Waals surface area contributed by atoms with E-state index >= 15 is 0 Å². The number of nitrogens with two attached hydrogens (primary N) is 1. The van der Waals surface area contributed by atoms with Crippen LogP contribution in [-0.2, 0) is 4.74 Å². The minimum Gasteiger partial charge on any atom is -0.462 e. The summed E-state index contributed by atoms with van der Waals surface area (Å²) in [5, 5.41) is 4.54. The van der Waals surface area contributed by atoms with Crippen LogP contribution in [0.5, 0.6) is 0 Å². The lowest BCUT2D eigenvalue weighted by atomic mass is 10.1. The molecule has 2 N–H and O–H groups in total. The number of nitrogens with zero attached hydrogens (tertiary/aromatic N) is 2. The number of ether oxygens (including phenoxy) is 1. The van der Waals surface area contributed by atoms with Crippen molar-refractivity contribution in [3.63, 3.8) is 0 Å². The van der Waals surface area contributed by atoms with Gasteiger partial charge >= 0.3 is 5.97 Å². The van der Waals surface area contributed by atoms with Gasteiger partial charge in [-0.2, -0.15) is 5.10 Å². The number of para-hydroxylation sites is 1. The molecule has 1 aromatic heterocycles. The Morgan fingerprint density at radius 3 is 2.95 bits per heavy atom. The van der Waals surface area contributed by atoms with Gasteiger partial charge in [0.15, 0.2) is 0 Å². The Bertz CT molecular complexity index is 644. The van der Waals surface area contributed by atoms with Crippen LogP contribution < -0.4 is 5.73 Å². The van der Waals surface area contributed by atoms with Gasteiger partial charge in [0, 0.05) is 12.1 Å². The van der Waals surface area contributed by atoms with Gasteiger partial charge in [0.2, 0.25) is 0 Å². The van der Waals surface area contributed by atoms with Crippen LogP contribution in [0.25, 0.3) is 5.69 Å². The maximum absolute atomic E-state index is 12.0. The quantitative estimate of drug-likeness (QED) is 0.685. The molecule has 0 spiro atoms. The number of carbonyl (C=O) groups excluding carboxylic acids is 1. The average Bonchev–Trinajstić information content (AvgIpc) is 3.17. The Morgan fingerprint density at radius 2 is 2.25 bits per heavy atom. The smallest absolute Gasteiger partial charge is 0.340 e. The van der Waals surface area contributed by atoms with Gasteiger partial charge < -0.3 is 10.5 Å². The molecule has 5 heteroatoms. The van der Waals surface area contributed by atoms with Crippen LogP contribution in [0.2, 0.25) is 0 Å². The van der Waals surface area contributed by atoms with E-state index in [1.807, 2.05) is 12.3 Å². The number of benzene rings is 1. The Morgan fingerprint density at radius 1 is 1.45 bits per heavy atom. The normalized spacial score (nSPS) is 14.2. The van der Waals surface area contributed by atoms with Gasteiger partial charge in [-0.15, -0.1) is 0 Å². The summed E-state index contributed by atoms with van der Waals surface area (Å²) in [5.74, 6) is 0.186. The molecule has 1 fully saturated rings. The lowest BCUT2D eigenvalue weighted by molar-refractivity contribution is 0.0526. The number of aromatic nitrogens is 2. The highest BCUT2D eigenvalue weighted by Crippen LogP contribution is 2.39. The van der Waals surface area contributed by atoms with Crippen LogP contribution in [0.15, 0.2) is 30.5 Å². The topological polar surface area (TPSA) is 70.1 Å². The van der Waals surface area contributed by atoms with E-state index in [9.17, 15) is 4.79 Å². The van der Waals surface area contributed by atoms with E-state index in [-0.39, 0.29) is 5.97 Å². The zero-order valence-electron chi connectivity index (χ0n) is 11.4. The molecule has 2 aromatic rings. The maximum Gasteiger partial charge on any atom is 0.340 e. The number of rotatable bonds is 4. The summed E-state index contributed by atoms with van der Waals surface area (Å²) >= 11 is 0. The second kappa shape index (κ2) is 5.00. The third kappa shape index (κ3) is 2.27. The number of hydrogen-bond acceptors (Lipinski definition) is 4. The van der Waals surface area contributed by atoms with Crippen LogP contribution in [0.4, 0.5) is 5.69 Å². The molecular weight excluding hydrogens is 254 g/mol. The summed E-state index contributed by atoms with van der Waals surface area (Å²) in [4.78, 5) is 12.0. The van der Waals surface area contributed by atoms with Gasteiger partial charge in [-0.25, -0.2) is 9.48 Å². The molecule has 104 valence electrons. The van der Waals surface area contributed by atoms with Crippen molar-refractivity contribution in [2.45, 2.75) is 25.7 Å². The first-order valence-electron chi connectivity index (χ1n) is 6.82. The summed E-state index contributed by atoms with van der Waals surface area (Å²) < 4.78 is 6.75. The summed E-state index contributed by atoms with van der Waals surface area (Å²) in [6, 6.07) is 7.20. The Balaban J connectivity index is 2.03. The molecule has 1 aliphatic carbocycles. The van der Waals surface area contributed by atoms with E-state index < -0.39 is 0 Å². The monoisotopic (exact) mass is 271 g/mol. The van der Waals surface area contributed by atoms with Crippen LogP contribution in [0, 0.1) is 0 Å². The number of esters is 1. The fourth-order valence-electron chi connectivity index (χ4n) is 2.25. The Hall–Kier alpha value is -2.30. The summed E-state index contributed by atoms with van der Waals surface area (Å²) in [6.45, 7) is 2.11. The molecule has 0 saturated heterocycles. The van der Waals surface area contributed by atoms with Crippen molar-refractivity contribution in [2.75, 3.05) is 12.3 Å². The standard InChI is InChI=1S/C15H17N3O2/c1-2-20-15(19)11-4-3-5-12(16)14(11)18-9-8-13(17-18)10-6-7-10/h3-5,8-10H,2,6-7,16H2,1H3. The van der Waals surface area contributed by atoms with Crippen LogP contribution >= 0.6 is 0 Å². The Labute approximate surface area is 117 Å². The van der Waals surface area contributed by atoms with E-state index in [1.54, 1.807) is 29.8 Å². The number of nitrogen functional groups attached to an aromatic ring is 1. The second-order valence-corrected chi connectivity index (χ2v) is 4.92. The molecule has 0 radical (unpaired) electrons. The van der Waals surface area contributed by atoms with Crippen molar-refractivity contribution in [2.24, 2.45) is 0 Å². The van der Waals surface area contributed by atoms with Crippen molar-refractivity contribution in [3.8, 4) is 5.69 Å². The first kappa shape index (κ1) is 12.7. The lowest BCUT2D eigenvalue weighted by Crippen LogP contribution is -2.12. The SMILES string of the molecule is CCOC(=O)c1cccc(N)c1-n1ccc(C2CC2)n1. The first-order chi connectivity index (χ1) is 9.70. The number of carbonyl (C=O) groups is 1. The number of anilines is 1. The van der Waals surface area contributed by atoms with Gasteiger partial charge in [0.25, 0.3) is 0 Å². The molecule has 20 heavy (non-hydrogen) atoms. The Kier molecular flexibility index (Phi) is 3.18. The van der Waals surface area contributed by atoms with Crippen molar-refractivity contribution in [3.05, 3.63) is 41.7 Å². The molecule has 5 nitrogen and oxygen atoms in total. The molecule has 0 unspecified atom stereocenters. The van der Waals surface area contributed by atoms with Crippen LogP contribution in [-0.4, -0.2) is 22.4 Å². The average molecular weight is 271 g/mol. The zero-order chi connectivity index (χ0) is 14.1. The predicted molar refractivity (Wildman–Crippen MR) is 75.9 cm³/mol. The van der Waals surface area contributed by atoms with Gasteiger partial charge in [-0.1, -0.05) is 6.07 Å². The molecule has 0 bridgehead atoms. The lowest BCUT2D eigenvalue weighted by Gasteiger charge is -2.11. The van der Waals surface area contributed by atoms with E-state index in [0.29, 0.717) is 29.5 Å². The van der Waals surface area contributed by atoms with Crippen LogP contribution in [0.1, 0.15) is 41.7 Å². The highest BCUT2D eigenvalue weighted by Gasteiger charge is 2.26. The predicted octanol–water partition coefficient (Wildman–Crippen LogP) is 2.51. The van der Waals surface area contributed by atoms with Crippen molar-refractivity contribution in [1.82, 2.24) is 9.78 Å². The van der Waals surface area contributed by atoms with Gasteiger partial charge in [-0.3, -0.25) is 0 Å². The van der Waals surface area contributed by atoms with Crippen molar-refractivity contribution < 1.29 is 9.53 Å². The molecule has 0 aliphatic heterocycles. The molecule has 1 heterocycles. The molecule has 3 rings (SSSR count). The molecule has 0 amide bonds. The summed E-state index contributed by atoms with van der Waals surface area (Å²) in [5.41, 5.74) is 8.63. The van der Waals surface area contributed by atoms with E-state index in [1.165, 1.54) is 12.8 Å². The van der Waals surface area contributed by atoms with Gasteiger partial charge in [0.1, 0.15) is 5.69 Å². The van der Waals surface area contributed by atoms with Crippen molar-refractivity contribution in [1.29, 1.82) is 0 Å². The number of hydrogen-bond donors (Lipinski definition) is 1. The summed E-state index contributed by atoms with van der Waals surface area (Å²) in [6.07, 6.45) is 4.22. The fraction of sp³-hybridized carbons (Fsp3) is 0.333. The molecule has 1 aromatic carbocycles. The van der Waals surface area contributed by atoms with Crippen molar-refractivity contribution >= 4 is 11.7 Å². The van der Waals surface area contributed by atoms with E-state index in [0.717, 1.165) is 5.69 Å². The maximum atomic E-state index is 12.0. The van der Waals surface area contributed by atoms with Gasteiger partial charge in [-0.05, 0) is 38.0 Å². The minimum absolute atomic E-state index is 0.333. The summed E-state index contributed by atoms with van der Waals surface area (Å²) in [7, 11) is 0. The molecular formula is C15H17N3O2. The molecule has 1 saturated carbocycles. The molecule has 0 atom stereocenters. The largest absolute Gasteiger partial charge is 0.462 e. The minimum atomic E-state index is -0.377. The third-order valence-corrected chi connectivity index (χ3v) is 3.40. The van der Waals surface area contributed by atoms with Crippen LogP contribution in [0.3, 0.4) is 0 Å².